The first-order chi connectivity index (χ1) is 24.6. The van der Waals surface area contributed by atoms with E-state index in [1.165, 1.54) is 12.1 Å². The highest BCUT2D eigenvalue weighted by Crippen LogP contribution is 2.71. The highest BCUT2D eigenvalue weighted by molar-refractivity contribution is 5.73. The Bertz CT molecular complexity index is 2330. The molecule has 1 heterocycles. The quantitative estimate of drug-likeness (QED) is 0.0927. The number of fused-ring (bicyclic) bond motifs is 9. The van der Waals surface area contributed by atoms with E-state index >= 15 is 0 Å². The first-order valence-corrected chi connectivity index (χ1v) is 16.6. The van der Waals surface area contributed by atoms with Gasteiger partial charge in [0.2, 0.25) is 0 Å². The summed E-state index contributed by atoms with van der Waals surface area (Å²) in [4.78, 5) is 0. The summed E-state index contributed by atoms with van der Waals surface area (Å²) < 4.78 is 6.71. The van der Waals surface area contributed by atoms with Crippen molar-refractivity contribution in [2.24, 2.45) is 0 Å². The lowest BCUT2D eigenvalue weighted by Crippen LogP contribution is -2.27. The first kappa shape index (κ1) is 30.6. The van der Waals surface area contributed by atoms with Gasteiger partial charge in [0, 0.05) is 58.6 Å². The Labute approximate surface area is 291 Å². The monoisotopic (exact) mass is 680 g/mol. The van der Waals surface area contributed by atoms with Crippen LogP contribution in [0.4, 0.5) is 0 Å². The van der Waals surface area contributed by atoms with Gasteiger partial charge in [0.05, 0.1) is 5.92 Å². The molecule has 8 N–H and O–H groups in total. The van der Waals surface area contributed by atoms with Crippen molar-refractivity contribution < 1.29 is 45.6 Å². The molecule has 9 nitrogen and oxygen atoms in total. The summed E-state index contributed by atoms with van der Waals surface area (Å²) in [5, 5.41) is 86.9. The fraction of sp³-hybridized carbons (Fsp3) is 0.143. The molecule has 6 atom stereocenters. The third-order valence-electron chi connectivity index (χ3n) is 10.9. The average Bonchev–Trinajstić information content (AvgIpc) is 3.59. The molecule has 0 amide bonds. The molecule has 0 aromatic heterocycles. The van der Waals surface area contributed by atoms with Gasteiger partial charge in [0.15, 0.2) is 0 Å². The van der Waals surface area contributed by atoms with Crippen LogP contribution in [0.3, 0.4) is 0 Å². The van der Waals surface area contributed by atoms with Gasteiger partial charge >= 0.3 is 0 Å². The number of aromatic hydroxyl groups is 8. The summed E-state index contributed by atoms with van der Waals surface area (Å²) in [5.74, 6) is -2.59. The van der Waals surface area contributed by atoms with E-state index in [4.69, 9.17) is 4.74 Å². The van der Waals surface area contributed by atoms with Crippen LogP contribution >= 0.6 is 0 Å². The summed E-state index contributed by atoms with van der Waals surface area (Å²) in [6, 6.07) is 29.2. The molecule has 0 saturated heterocycles. The molecule has 1 aliphatic heterocycles. The SMILES string of the molecule is Oc1ccc(C2C3c4c(O)cc(O)cc4C2[C@H](c2ccc(O)cc2)c2c(O)cc4c(c23)[C@@H](c2cc(O)cc(O)c2)[C@H](c2ccc(O)cc2)O4)cc1. The van der Waals surface area contributed by atoms with Crippen molar-refractivity contribution in [3.8, 4) is 51.7 Å². The van der Waals surface area contributed by atoms with Gasteiger partial charge < -0.3 is 45.6 Å². The van der Waals surface area contributed by atoms with Crippen LogP contribution in [0.15, 0.2) is 109 Å². The van der Waals surface area contributed by atoms with Crippen LogP contribution in [0.5, 0.6) is 51.7 Å². The molecular weight excluding hydrogens is 648 g/mol. The lowest BCUT2D eigenvalue weighted by Gasteiger charge is -2.41. The third-order valence-corrected chi connectivity index (χ3v) is 10.9. The molecule has 51 heavy (non-hydrogen) atoms. The number of phenols is 8. The highest BCUT2D eigenvalue weighted by atomic mass is 16.5. The van der Waals surface area contributed by atoms with Gasteiger partial charge in [-0.15, -0.1) is 0 Å². The smallest absolute Gasteiger partial charge is 0.135 e. The van der Waals surface area contributed by atoms with E-state index in [0.29, 0.717) is 44.7 Å². The Hall–Kier alpha value is -6.48. The molecule has 6 aromatic carbocycles. The maximum absolute atomic E-state index is 12.1. The van der Waals surface area contributed by atoms with Crippen molar-refractivity contribution in [3.05, 3.63) is 159 Å². The molecule has 0 saturated carbocycles. The highest BCUT2D eigenvalue weighted by Gasteiger charge is 2.56. The maximum Gasteiger partial charge on any atom is 0.135 e. The topological polar surface area (TPSA) is 171 Å². The number of hydrogen-bond donors (Lipinski definition) is 8. The van der Waals surface area contributed by atoms with E-state index in [-0.39, 0.29) is 51.9 Å². The summed E-state index contributed by atoms with van der Waals surface area (Å²) in [7, 11) is 0. The molecular formula is C42H32O9. The predicted octanol–water partition coefficient (Wildman–Crippen LogP) is 7.76. The Morgan fingerprint density at radius 3 is 1.49 bits per heavy atom. The van der Waals surface area contributed by atoms with Crippen LogP contribution in [-0.2, 0) is 0 Å². The number of phenolic OH excluding ortho intramolecular Hbond substituents is 8. The molecule has 2 aliphatic carbocycles. The standard InChI is InChI=1S/C42H32O9/c43-23-7-1-19(2-8-23)33-37-29-16-28(48)17-30(49)36(29)40(34(37)20-3-9-24(44)10-4-20)41-38(33)31(50)18-32-39(41)35(22-13-26(46)15-27(47)14-22)42(51-32)21-5-11-25(45)12-6-21/h1-18,33-35,37,40,42-50H/t33-,34?,35+,37?,40?,42-/m0/s1. The lowest BCUT2D eigenvalue weighted by molar-refractivity contribution is 0.221. The largest absolute Gasteiger partial charge is 0.508 e. The Balaban J connectivity index is 1.41. The summed E-state index contributed by atoms with van der Waals surface area (Å²) in [5.41, 5.74) is 6.09. The fourth-order valence-electron chi connectivity index (χ4n) is 9.08. The molecule has 6 aromatic rings. The van der Waals surface area contributed by atoms with Crippen molar-refractivity contribution >= 4 is 0 Å². The van der Waals surface area contributed by atoms with E-state index in [2.05, 4.69) is 0 Å². The molecule has 0 fully saturated rings. The van der Waals surface area contributed by atoms with Gasteiger partial charge in [0.1, 0.15) is 57.8 Å². The predicted molar refractivity (Wildman–Crippen MR) is 186 cm³/mol. The Morgan fingerprint density at radius 2 is 0.882 bits per heavy atom. The van der Waals surface area contributed by atoms with Crippen molar-refractivity contribution in [1.82, 2.24) is 0 Å². The van der Waals surface area contributed by atoms with Crippen LogP contribution in [0, 0.1) is 0 Å². The number of benzene rings is 6. The zero-order valence-electron chi connectivity index (χ0n) is 26.8. The summed E-state index contributed by atoms with van der Waals surface area (Å²) in [6.45, 7) is 0. The molecule has 2 bridgehead atoms. The maximum atomic E-state index is 12.1. The summed E-state index contributed by atoms with van der Waals surface area (Å²) in [6.07, 6.45) is -0.723. The van der Waals surface area contributed by atoms with Gasteiger partial charge in [-0.25, -0.2) is 0 Å². The second-order valence-electron chi connectivity index (χ2n) is 13.7. The molecule has 9 heteroatoms. The minimum atomic E-state index is -0.723. The minimum absolute atomic E-state index is 0.0404. The molecule has 0 radical (unpaired) electrons. The number of hydrogen-bond acceptors (Lipinski definition) is 9. The second kappa shape index (κ2) is 11.0. The van der Waals surface area contributed by atoms with E-state index in [1.807, 2.05) is 12.1 Å². The van der Waals surface area contributed by atoms with E-state index < -0.39 is 29.8 Å². The third kappa shape index (κ3) is 4.61. The molecule has 254 valence electrons. The zero-order valence-corrected chi connectivity index (χ0v) is 26.8. The van der Waals surface area contributed by atoms with Crippen molar-refractivity contribution in [2.75, 3.05) is 0 Å². The molecule has 3 unspecified atom stereocenters. The van der Waals surface area contributed by atoms with E-state index in [1.54, 1.807) is 84.9 Å². The van der Waals surface area contributed by atoms with E-state index in [9.17, 15) is 40.9 Å². The van der Waals surface area contributed by atoms with Crippen LogP contribution in [0.1, 0.15) is 85.8 Å². The van der Waals surface area contributed by atoms with Crippen LogP contribution in [0.25, 0.3) is 0 Å². The molecule has 9 rings (SSSR count). The Morgan fingerprint density at radius 1 is 0.353 bits per heavy atom. The number of ether oxygens (including phenoxy) is 1. The van der Waals surface area contributed by atoms with Gasteiger partial charge in [-0.05, 0) is 88.0 Å². The van der Waals surface area contributed by atoms with Crippen LogP contribution in [0.2, 0.25) is 0 Å². The van der Waals surface area contributed by atoms with Gasteiger partial charge in [-0.3, -0.25) is 0 Å². The normalized spacial score (nSPS) is 22.5. The van der Waals surface area contributed by atoms with Gasteiger partial charge in [-0.1, -0.05) is 36.4 Å². The summed E-state index contributed by atoms with van der Waals surface area (Å²) >= 11 is 0. The molecule has 3 aliphatic rings. The van der Waals surface area contributed by atoms with Crippen molar-refractivity contribution in [1.29, 1.82) is 0 Å². The van der Waals surface area contributed by atoms with Crippen molar-refractivity contribution in [3.63, 3.8) is 0 Å². The Kier molecular flexibility index (Phi) is 6.60. The van der Waals surface area contributed by atoms with Crippen LogP contribution < -0.4 is 4.74 Å². The van der Waals surface area contributed by atoms with Crippen molar-refractivity contribution in [2.45, 2.75) is 35.7 Å². The van der Waals surface area contributed by atoms with Crippen LogP contribution in [-0.4, -0.2) is 40.9 Å². The van der Waals surface area contributed by atoms with Gasteiger partial charge in [-0.2, -0.15) is 0 Å². The minimum Gasteiger partial charge on any atom is -0.508 e. The number of rotatable bonds is 4. The average molecular weight is 681 g/mol. The molecule has 0 spiro atoms. The fourth-order valence-corrected chi connectivity index (χ4v) is 9.08. The lowest BCUT2D eigenvalue weighted by atomic mass is 9.61. The van der Waals surface area contributed by atoms with Gasteiger partial charge in [0.25, 0.3) is 0 Å². The first-order valence-electron chi connectivity index (χ1n) is 16.6. The van der Waals surface area contributed by atoms with E-state index in [0.717, 1.165) is 11.1 Å². The second-order valence-corrected chi connectivity index (χ2v) is 13.7. The zero-order chi connectivity index (χ0) is 35.3.